The zero-order valence-corrected chi connectivity index (χ0v) is 17.8. The Morgan fingerprint density at radius 2 is 1.62 bits per heavy atom. The molecular weight excluding hydrogens is 372 g/mol. The van der Waals surface area contributed by atoms with Crippen molar-refractivity contribution < 1.29 is 24.9 Å². The van der Waals surface area contributed by atoms with Crippen LogP contribution in [0.3, 0.4) is 0 Å². The molecule has 5 N–H and O–H groups in total. The van der Waals surface area contributed by atoms with Gasteiger partial charge in [-0.05, 0) is 12.0 Å². The molecule has 2 atom stereocenters. The summed E-state index contributed by atoms with van der Waals surface area (Å²) in [5, 5.41) is 7.53. The maximum Gasteiger partial charge on any atom is 0.243 e. The van der Waals surface area contributed by atoms with E-state index in [4.69, 9.17) is 5.73 Å². The molecule has 3 amide bonds. The minimum atomic E-state index is -0.862. The molecule has 0 bridgehead atoms. The lowest BCUT2D eigenvalue weighted by atomic mass is 10.0. The predicted molar refractivity (Wildman–Crippen MR) is 121 cm³/mol. The summed E-state index contributed by atoms with van der Waals surface area (Å²) in [6.45, 7) is 7.12. The van der Waals surface area contributed by atoms with Crippen molar-refractivity contribution in [1.29, 1.82) is 0 Å². The van der Waals surface area contributed by atoms with Crippen molar-refractivity contribution >= 4 is 23.5 Å². The van der Waals surface area contributed by atoms with E-state index in [1.165, 1.54) is 0 Å². The first-order valence-electron chi connectivity index (χ1n) is 9.97. The maximum absolute atomic E-state index is 12.5. The Kier molecular flexibility index (Phi) is 13.8. The van der Waals surface area contributed by atoms with Crippen molar-refractivity contribution in [3.63, 3.8) is 0 Å². The first-order chi connectivity index (χ1) is 13.9. The summed E-state index contributed by atoms with van der Waals surface area (Å²) in [7, 11) is 0. The van der Waals surface area contributed by atoms with E-state index >= 15 is 0 Å². The fourth-order valence-corrected chi connectivity index (χ4v) is 2.25. The molecule has 0 aliphatic heterocycles. The van der Waals surface area contributed by atoms with Crippen LogP contribution >= 0.6 is 0 Å². The zero-order valence-electron chi connectivity index (χ0n) is 17.8. The van der Waals surface area contributed by atoms with Crippen LogP contribution in [0.25, 0.3) is 0 Å². The van der Waals surface area contributed by atoms with E-state index in [-0.39, 0.29) is 43.5 Å². The molecule has 0 radical (unpaired) electrons. The van der Waals surface area contributed by atoms with Gasteiger partial charge < -0.3 is 21.7 Å². The molecule has 0 saturated heterocycles. The molecule has 0 aliphatic rings. The van der Waals surface area contributed by atoms with Gasteiger partial charge in [-0.15, -0.1) is 0 Å². The van der Waals surface area contributed by atoms with Gasteiger partial charge in [-0.2, -0.15) is 0 Å². The molecule has 0 saturated carbocycles. The van der Waals surface area contributed by atoms with Gasteiger partial charge in [0, 0.05) is 18.0 Å². The van der Waals surface area contributed by atoms with Gasteiger partial charge >= 0.3 is 0 Å². The molecule has 1 rings (SSSR count). The van der Waals surface area contributed by atoms with E-state index in [0.29, 0.717) is 6.42 Å². The third kappa shape index (κ3) is 11.0. The number of carbonyl (C=O) groups excluding carboxylic acids is 4. The SMILES string of the molecule is CC.CCC(C)C(=O)CNC(=O)[C@H](Cc1ccccc1)NC(=O)CNC(=O)CN.[HH].[HH].[HH].[HH]. The third-order valence-electron chi connectivity index (χ3n) is 4.16. The van der Waals surface area contributed by atoms with Crippen LogP contribution < -0.4 is 21.7 Å². The second-order valence-corrected chi connectivity index (χ2v) is 6.28. The largest absolute Gasteiger partial charge is 0.347 e. The number of amides is 3. The number of ketones is 1. The number of benzene rings is 1. The number of nitrogens with two attached hydrogens (primary N) is 1. The predicted octanol–water partition coefficient (Wildman–Crippen LogP) is 1.53. The topological polar surface area (TPSA) is 130 Å². The Bertz CT molecular complexity index is 667. The van der Waals surface area contributed by atoms with E-state index < -0.39 is 23.8 Å². The van der Waals surface area contributed by atoms with E-state index in [1.807, 2.05) is 51.1 Å². The second kappa shape index (κ2) is 15.2. The Labute approximate surface area is 178 Å². The van der Waals surface area contributed by atoms with Gasteiger partial charge in [0.05, 0.1) is 19.6 Å². The van der Waals surface area contributed by atoms with Crippen LogP contribution in [0.5, 0.6) is 0 Å². The Morgan fingerprint density at radius 1 is 1.00 bits per heavy atom. The number of nitrogens with one attached hydrogen (secondary N) is 3. The minimum Gasteiger partial charge on any atom is -0.347 e. The fraction of sp³-hybridized carbons (Fsp3) is 0.524. The summed E-state index contributed by atoms with van der Waals surface area (Å²) in [6, 6.07) is 8.34. The second-order valence-electron chi connectivity index (χ2n) is 6.28. The van der Waals surface area contributed by atoms with Crippen molar-refractivity contribution in [3.05, 3.63) is 35.9 Å². The van der Waals surface area contributed by atoms with E-state index in [0.717, 1.165) is 5.56 Å². The molecule has 0 spiro atoms. The van der Waals surface area contributed by atoms with Gasteiger partial charge in [-0.1, -0.05) is 58.0 Å². The van der Waals surface area contributed by atoms with E-state index in [1.54, 1.807) is 6.92 Å². The third-order valence-corrected chi connectivity index (χ3v) is 4.16. The minimum absolute atomic E-state index is 0. The van der Waals surface area contributed by atoms with Gasteiger partial charge in [0.25, 0.3) is 0 Å². The van der Waals surface area contributed by atoms with Crippen LogP contribution in [0.4, 0.5) is 0 Å². The highest BCUT2D eigenvalue weighted by molar-refractivity contribution is 5.93. The summed E-state index contributed by atoms with van der Waals surface area (Å²) in [5.41, 5.74) is 6.03. The lowest BCUT2D eigenvalue weighted by Gasteiger charge is -2.19. The fourth-order valence-electron chi connectivity index (χ4n) is 2.25. The number of hydrogen-bond acceptors (Lipinski definition) is 5. The first kappa shape index (κ1) is 26.3. The molecule has 1 aromatic carbocycles. The highest BCUT2D eigenvalue weighted by Gasteiger charge is 2.22. The van der Waals surface area contributed by atoms with Gasteiger partial charge in [0.2, 0.25) is 17.7 Å². The van der Waals surface area contributed by atoms with E-state index in [2.05, 4.69) is 16.0 Å². The van der Waals surface area contributed by atoms with Crippen molar-refractivity contribution in [2.24, 2.45) is 11.7 Å². The lowest BCUT2D eigenvalue weighted by Crippen LogP contribution is -2.51. The van der Waals surface area contributed by atoms with Gasteiger partial charge in [-0.3, -0.25) is 19.2 Å². The van der Waals surface area contributed by atoms with Crippen molar-refractivity contribution in [2.45, 2.75) is 46.6 Å². The van der Waals surface area contributed by atoms with Crippen LogP contribution in [0, 0.1) is 5.92 Å². The molecule has 29 heavy (non-hydrogen) atoms. The summed E-state index contributed by atoms with van der Waals surface area (Å²) in [5.74, 6) is -1.63. The summed E-state index contributed by atoms with van der Waals surface area (Å²) in [6.07, 6.45) is 0.959. The number of hydrogen-bond donors (Lipinski definition) is 4. The molecule has 0 aliphatic carbocycles. The van der Waals surface area contributed by atoms with Gasteiger partial charge in [0.1, 0.15) is 6.04 Å². The lowest BCUT2D eigenvalue weighted by molar-refractivity contribution is -0.131. The summed E-state index contributed by atoms with van der Waals surface area (Å²) < 4.78 is 0. The normalized spacial score (nSPS) is 11.9. The molecular formula is C21H42N4O4. The molecule has 0 fully saturated rings. The number of Topliss-reactive ketones (excluding diaryl/α,β-unsaturated/α-hetero) is 1. The smallest absolute Gasteiger partial charge is 0.243 e. The zero-order chi connectivity index (χ0) is 22.2. The van der Waals surface area contributed by atoms with Crippen LogP contribution in [0.2, 0.25) is 0 Å². The molecule has 170 valence electrons. The van der Waals surface area contributed by atoms with Crippen molar-refractivity contribution in [2.75, 3.05) is 19.6 Å². The Balaban J connectivity index is -0.000000423. The van der Waals surface area contributed by atoms with Crippen LogP contribution in [-0.2, 0) is 25.6 Å². The quantitative estimate of drug-likeness (QED) is 0.436. The van der Waals surface area contributed by atoms with Crippen LogP contribution in [0.15, 0.2) is 30.3 Å². The average molecular weight is 415 g/mol. The highest BCUT2D eigenvalue weighted by Crippen LogP contribution is 2.05. The van der Waals surface area contributed by atoms with Crippen LogP contribution in [0.1, 0.15) is 45.4 Å². The molecule has 0 heterocycles. The van der Waals surface area contributed by atoms with Gasteiger partial charge in [-0.25, -0.2) is 0 Å². The molecule has 0 aromatic heterocycles. The monoisotopic (exact) mass is 414 g/mol. The number of carbonyl (C=O) groups is 4. The molecule has 1 unspecified atom stereocenters. The highest BCUT2D eigenvalue weighted by atomic mass is 16.2. The summed E-state index contributed by atoms with van der Waals surface area (Å²) in [4.78, 5) is 47.6. The molecule has 8 heteroatoms. The van der Waals surface area contributed by atoms with Crippen LogP contribution in [-0.4, -0.2) is 49.2 Å². The maximum atomic E-state index is 12.5. The Morgan fingerprint density at radius 3 is 2.17 bits per heavy atom. The Hall–Kier alpha value is -2.74. The first-order valence-corrected chi connectivity index (χ1v) is 9.97. The average Bonchev–Trinajstić information content (AvgIpc) is 2.76. The molecule has 1 aromatic rings. The standard InChI is InChI=1S/C19H28N4O4.C2H6.4H2/c1-3-13(2)16(24)11-22-19(27)15(9-14-7-5-4-6-8-14)23-18(26)12-21-17(25)10-20;1-2;;;;/h4-8,13,15H,3,9-12,20H2,1-2H3,(H,21,25)(H,22,27)(H,23,26);1-2H3;4*1H/t13?,15-;;;;;/m0...../s1. The van der Waals surface area contributed by atoms with Crippen molar-refractivity contribution in [3.8, 4) is 0 Å². The van der Waals surface area contributed by atoms with Crippen molar-refractivity contribution in [1.82, 2.24) is 16.0 Å². The van der Waals surface area contributed by atoms with E-state index in [9.17, 15) is 19.2 Å². The van der Waals surface area contributed by atoms with Gasteiger partial charge in [0.15, 0.2) is 5.78 Å². The molecule has 8 nitrogen and oxygen atoms in total. The number of rotatable bonds is 11. The summed E-state index contributed by atoms with van der Waals surface area (Å²) >= 11 is 0.